The van der Waals surface area contributed by atoms with Gasteiger partial charge < -0.3 is 33.9 Å². The summed E-state index contributed by atoms with van der Waals surface area (Å²) in [5.41, 5.74) is 2.17. The lowest BCUT2D eigenvalue weighted by Gasteiger charge is -2.29. The second kappa shape index (κ2) is 12.4. The Balaban J connectivity index is 1.81. The molecule has 1 heterocycles. The molecule has 1 atom stereocenters. The van der Waals surface area contributed by atoms with Crippen molar-refractivity contribution >= 4 is 29.0 Å². The highest BCUT2D eigenvalue weighted by atomic mass is 32.1. The molecule has 0 aromatic heterocycles. The standard InChI is InChI=1S/C25H32N2O6S/c1-5-32-24(28)17-8-11-19(12-9-17)26-25(34)27(16-20-7-6-14-33-20)15-18-10-13-21(29-2)23(31-4)22(18)30-3/h8-13,20H,5-7,14-16H2,1-4H3,(H,26,34). The summed E-state index contributed by atoms with van der Waals surface area (Å²) in [5.74, 6) is 1.38. The minimum absolute atomic E-state index is 0.0945. The highest BCUT2D eigenvalue weighted by Gasteiger charge is 2.24. The fraction of sp³-hybridized carbons (Fsp3) is 0.440. The average molecular weight is 489 g/mol. The molecule has 0 aliphatic carbocycles. The highest BCUT2D eigenvalue weighted by Crippen LogP contribution is 2.40. The normalized spacial score (nSPS) is 14.9. The Morgan fingerprint density at radius 1 is 1.09 bits per heavy atom. The number of hydrogen-bond acceptors (Lipinski definition) is 7. The third kappa shape index (κ3) is 6.30. The smallest absolute Gasteiger partial charge is 0.338 e. The van der Waals surface area contributed by atoms with Crippen LogP contribution in [0.5, 0.6) is 17.2 Å². The van der Waals surface area contributed by atoms with Crippen molar-refractivity contribution in [1.29, 1.82) is 0 Å². The second-order valence-electron chi connectivity index (χ2n) is 7.74. The van der Waals surface area contributed by atoms with E-state index in [1.165, 1.54) is 0 Å². The van der Waals surface area contributed by atoms with Crippen LogP contribution >= 0.6 is 12.2 Å². The van der Waals surface area contributed by atoms with Crippen molar-refractivity contribution in [3.63, 3.8) is 0 Å². The topological polar surface area (TPSA) is 78.5 Å². The molecule has 0 spiro atoms. The molecule has 184 valence electrons. The van der Waals surface area contributed by atoms with Crippen molar-refractivity contribution < 1.29 is 28.5 Å². The van der Waals surface area contributed by atoms with E-state index in [1.807, 2.05) is 17.0 Å². The van der Waals surface area contributed by atoms with E-state index in [0.717, 1.165) is 30.7 Å². The molecule has 1 unspecified atom stereocenters. The summed E-state index contributed by atoms with van der Waals surface area (Å²) in [6.07, 6.45) is 2.11. The zero-order valence-corrected chi connectivity index (χ0v) is 20.9. The van der Waals surface area contributed by atoms with Gasteiger partial charge in [-0.25, -0.2) is 4.79 Å². The van der Waals surface area contributed by atoms with Crippen LogP contribution < -0.4 is 19.5 Å². The zero-order valence-electron chi connectivity index (χ0n) is 20.1. The summed E-state index contributed by atoms with van der Waals surface area (Å²) in [4.78, 5) is 14.0. The Hall–Kier alpha value is -3.04. The lowest BCUT2D eigenvalue weighted by Crippen LogP contribution is -2.39. The van der Waals surface area contributed by atoms with Gasteiger partial charge in [0.2, 0.25) is 5.75 Å². The molecule has 1 aliphatic rings. The lowest BCUT2D eigenvalue weighted by atomic mass is 10.1. The van der Waals surface area contributed by atoms with Gasteiger partial charge in [-0.3, -0.25) is 0 Å². The predicted octanol–water partition coefficient (Wildman–Crippen LogP) is 4.27. The maximum atomic E-state index is 11.9. The van der Waals surface area contributed by atoms with Gasteiger partial charge in [-0.1, -0.05) is 0 Å². The molecule has 1 aliphatic heterocycles. The van der Waals surface area contributed by atoms with E-state index in [1.54, 1.807) is 52.5 Å². The molecule has 3 rings (SSSR count). The number of ether oxygens (including phenoxy) is 5. The van der Waals surface area contributed by atoms with Crippen LogP contribution in [0.1, 0.15) is 35.7 Å². The van der Waals surface area contributed by atoms with Gasteiger partial charge in [0.15, 0.2) is 16.6 Å². The molecule has 1 saturated heterocycles. The van der Waals surface area contributed by atoms with Gasteiger partial charge in [-0.15, -0.1) is 0 Å². The van der Waals surface area contributed by atoms with Crippen LogP contribution in [-0.4, -0.2) is 63.2 Å². The number of thiocarbonyl (C=S) groups is 1. The van der Waals surface area contributed by atoms with E-state index < -0.39 is 0 Å². The zero-order chi connectivity index (χ0) is 24.5. The van der Waals surface area contributed by atoms with Gasteiger partial charge in [0.25, 0.3) is 0 Å². The van der Waals surface area contributed by atoms with E-state index in [0.29, 0.717) is 47.6 Å². The highest BCUT2D eigenvalue weighted by molar-refractivity contribution is 7.80. The van der Waals surface area contributed by atoms with Gasteiger partial charge in [-0.2, -0.15) is 0 Å². The number of benzene rings is 2. The largest absolute Gasteiger partial charge is 0.493 e. The number of methoxy groups -OCH3 is 3. The van der Waals surface area contributed by atoms with Crippen LogP contribution in [-0.2, 0) is 16.0 Å². The minimum Gasteiger partial charge on any atom is -0.493 e. The van der Waals surface area contributed by atoms with Crippen LogP contribution in [0.2, 0.25) is 0 Å². The summed E-state index contributed by atoms with van der Waals surface area (Å²) in [7, 11) is 4.78. The van der Waals surface area contributed by atoms with Crippen LogP contribution in [0.15, 0.2) is 36.4 Å². The molecule has 0 bridgehead atoms. The number of anilines is 1. The SMILES string of the molecule is CCOC(=O)c1ccc(NC(=S)N(Cc2ccc(OC)c(OC)c2OC)CC2CCCO2)cc1. The Kier molecular flexibility index (Phi) is 9.35. The molecule has 0 radical (unpaired) electrons. The van der Waals surface area contributed by atoms with Crippen molar-refractivity contribution in [2.45, 2.75) is 32.4 Å². The molecule has 9 heteroatoms. The van der Waals surface area contributed by atoms with E-state index in [4.69, 9.17) is 35.9 Å². The Labute approximate surface area is 206 Å². The monoisotopic (exact) mass is 488 g/mol. The summed E-state index contributed by atoms with van der Waals surface area (Å²) in [6.45, 7) is 3.98. The maximum absolute atomic E-state index is 11.9. The second-order valence-corrected chi connectivity index (χ2v) is 8.12. The van der Waals surface area contributed by atoms with Crippen molar-refractivity contribution in [3.8, 4) is 17.2 Å². The first kappa shape index (κ1) is 25.6. The van der Waals surface area contributed by atoms with Crippen molar-refractivity contribution in [1.82, 2.24) is 4.90 Å². The Morgan fingerprint density at radius 3 is 2.41 bits per heavy atom. The third-order valence-electron chi connectivity index (χ3n) is 5.53. The Bertz CT molecular complexity index is 976. The molecule has 0 amide bonds. The molecule has 1 N–H and O–H groups in total. The average Bonchev–Trinajstić information content (AvgIpc) is 3.36. The quantitative estimate of drug-likeness (QED) is 0.390. The van der Waals surface area contributed by atoms with Crippen LogP contribution in [0, 0.1) is 0 Å². The van der Waals surface area contributed by atoms with Crippen molar-refractivity contribution in [2.75, 3.05) is 46.4 Å². The molecule has 0 saturated carbocycles. The molecule has 34 heavy (non-hydrogen) atoms. The van der Waals surface area contributed by atoms with E-state index >= 15 is 0 Å². The third-order valence-corrected chi connectivity index (χ3v) is 5.89. The van der Waals surface area contributed by atoms with Gasteiger partial charge in [-0.05, 0) is 68.4 Å². The van der Waals surface area contributed by atoms with E-state index in [2.05, 4.69) is 5.32 Å². The van der Waals surface area contributed by atoms with Gasteiger partial charge in [0.1, 0.15) is 0 Å². The van der Waals surface area contributed by atoms with Gasteiger partial charge >= 0.3 is 5.97 Å². The summed E-state index contributed by atoms with van der Waals surface area (Å²) >= 11 is 5.78. The minimum atomic E-state index is -0.350. The number of rotatable bonds is 10. The van der Waals surface area contributed by atoms with Crippen LogP contribution in [0.3, 0.4) is 0 Å². The van der Waals surface area contributed by atoms with Gasteiger partial charge in [0, 0.05) is 30.9 Å². The fourth-order valence-corrected chi connectivity index (χ4v) is 4.11. The molecular formula is C25H32N2O6S. The number of hydrogen-bond donors (Lipinski definition) is 1. The maximum Gasteiger partial charge on any atom is 0.338 e. The summed E-state index contributed by atoms with van der Waals surface area (Å²) in [6, 6.07) is 10.8. The predicted molar refractivity (Wildman–Crippen MR) is 134 cm³/mol. The first-order valence-electron chi connectivity index (χ1n) is 11.2. The van der Waals surface area contributed by atoms with Crippen molar-refractivity contribution in [3.05, 3.63) is 47.5 Å². The number of carbonyl (C=O) groups is 1. The van der Waals surface area contributed by atoms with E-state index in [9.17, 15) is 4.79 Å². The van der Waals surface area contributed by atoms with Crippen molar-refractivity contribution in [2.24, 2.45) is 0 Å². The molecule has 2 aromatic rings. The molecular weight excluding hydrogens is 456 g/mol. The summed E-state index contributed by atoms with van der Waals surface area (Å²) in [5, 5.41) is 3.81. The fourth-order valence-electron chi connectivity index (χ4n) is 3.85. The number of esters is 1. The molecule has 8 nitrogen and oxygen atoms in total. The van der Waals surface area contributed by atoms with Crippen LogP contribution in [0.25, 0.3) is 0 Å². The van der Waals surface area contributed by atoms with Crippen LogP contribution in [0.4, 0.5) is 5.69 Å². The number of carbonyl (C=O) groups excluding carboxylic acids is 1. The summed E-state index contributed by atoms with van der Waals surface area (Å²) < 4.78 is 27.5. The van der Waals surface area contributed by atoms with Gasteiger partial charge in [0.05, 0.1) is 39.6 Å². The number of nitrogens with zero attached hydrogens (tertiary/aromatic N) is 1. The lowest BCUT2D eigenvalue weighted by molar-refractivity contribution is 0.0526. The molecule has 2 aromatic carbocycles. The number of nitrogens with one attached hydrogen (secondary N) is 1. The first-order valence-corrected chi connectivity index (χ1v) is 11.6. The first-order chi connectivity index (χ1) is 16.5. The van der Waals surface area contributed by atoms with E-state index in [-0.39, 0.29) is 12.1 Å². The Morgan fingerprint density at radius 2 is 1.82 bits per heavy atom. The molecule has 1 fully saturated rings.